The van der Waals surface area contributed by atoms with Gasteiger partial charge in [0.05, 0.1) is 7.11 Å². The molecule has 0 spiro atoms. The van der Waals surface area contributed by atoms with E-state index in [0.717, 1.165) is 35.5 Å². The number of thioether (sulfide) groups is 1. The zero-order valence-corrected chi connectivity index (χ0v) is 14.2. The highest BCUT2D eigenvalue weighted by molar-refractivity contribution is 7.99. The minimum absolute atomic E-state index is 0.173. The SMILES string of the molecule is COc1ccc(CN(CCSc2ccc(F)cc2)C2CC2)cc1. The molecule has 2 nitrogen and oxygen atoms in total. The monoisotopic (exact) mass is 331 g/mol. The zero-order chi connectivity index (χ0) is 16.1. The van der Waals surface area contributed by atoms with Gasteiger partial charge in [0, 0.05) is 29.8 Å². The van der Waals surface area contributed by atoms with Crippen LogP contribution >= 0.6 is 11.8 Å². The first-order valence-corrected chi connectivity index (χ1v) is 8.98. The van der Waals surface area contributed by atoms with Crippen LogP contribution in [-0.2, 0) is 6.54 Å². The van der Waals surface area contributed by atoms with Crippen molar-refractivity contribution in [2.24, 2.45) is 0 Å². The second-order valence-corrected chi connectivity index (χ2v) is 7.02. The Bertz CT molecular complexity index is 610. The van der Waals surface area contributed by atoms with Gasteiger partial charge in [-0.2, -0.15) is 0 Å². The van der Waals surface area contributed by atoms with Crippen LogP contribution in [0.2, 0.25) is 0 Å². The fourth-order valence-corrected chi connectivity index (χ4v) is 3.50. The van der Waals surface area contributed by atoms with Crippen molar-refractivity contribution in [1.29, 1.82) is 0 Å². The molecule has 0 aliphatic heterocycles. The van der Waals surface area contributed by atoms with E-state index in [1.165, 1.54) is 30.5 Å². The summed E-state index contributed by atoms with van der Waals surface area (Å²) in [7, 11) is 1.69. The molecule has 0 heterocycles. The lowest BCUT2D eigenvalue weighted by atomic mass is 10.2. The van der Waals surface area contributed by atoms with Gasteiger partial charge in [-0.3, -0.25) is 4.90 Å². The Labute approximate surface area is 141 Å². The van der Waals surface area contributed by atoms with E-state index in [0.29, 0.717) is 0 Å². The van der Waals surface area contributed by atoms with Crippen molar-refractivity contribution in [3.63, 3.8) is 0 Å². The van der Waals surface area contributed by atoms with Crippen LogP contribution in [0.5, 0.6) is 5.75 Å². The van der Waals surface area contributed by atoms with Crippen LogP contribution in [0, 0.1) is 5.82 Å². The highest BCUT2D eigenvalue weighted by Gasteiger charge is 2.28. The first-order valence-electron chi connectivity index (χ1n) is 8.00. The van der Waals surface area contributed by atoms with Crippen LogP contribution in [0.25, 0.3) is 0 Å². The topological polar surface area (TPSA) is 12.5 Å². The van der Waals surface area contributed by atoms with Gasteiger partial charge in [-0.1, -0.05) is 12.1 Å². The van der Waals surface area contributed by atoms with Crippen LogP contribution in [0.1, 0.15) is 18.4 Å². The molecule has 2 aromatic rings. The summed E-state index contributed by atoms with van der Waals surface area (Å²) in [6, 6.07) is 15.8. The van der Waals surface area contributed by atoms with Crippen LogP contribution in [-0.4, -0.2) is 30.3 Å². The van der Waals surface area contributed by atoms with Crippen molar-refractivity contribution in [2.75, 3.05) is 19.4 Å². The Morgan fingerprint density at radius 1 is 1.09 bits per heavy atom. The zero-order valence-electron chi connectivity index (χ0n) is 13.4. The van der Waals surface area contributed by atoms with E-state index in [9.17, 15) is 4.39 Å². The number of methoxy groups -OCH3 is 1. The fourth-order valence-electron chi connectivity index (χ4n) is 2.61. The summed E-state index contributed by atoms with van der Waals surface area (Å²) in [6.45, 7) is 2.04. The highest BCUT2D eigenvalue weighted by atomic mass is 32.2. The lowest BCUT2D eigenvalue weighted by Crippen LogP contribution is -2.28. The van der Waals surface area contributed by atoms with E-state index >= 15 is 0 Å². The van der Waals surface area contributed by atoms with Crippen molar-refractivity contribution in [2.45, 2.75) is 30.3 Å². The number of ether oxygens (including phenoxy) is 1. The van der Waals surface area contributed by atoms with E-state index in [1.54, 1.807) is 18.9 Å². The van der Waals surface area contributed by atoms with Crippen molar-refractivity contribution in [3.05, 3.63) is 59.9 Å². The van der Waals surface area contributed by atoms with E-state index in [-0.39, 0.29) is 5.82 Å². The molecule has 1 aliphatic rings. The summed E-state index contributed by atoms with van der Waals surface area (Å²) < 4.78 is 18.1. The molecule has 0 N–H and O–H groups in total. The molecule has 1 fully saturated rings. The summed E-state index contributed by atoms with van der Waals surface area (Å²) in [5.74, 6) is 1.75. The third-order valence-corrected chi connectivity index (χ3v) is 5.06. The Kier molecular flexibility index (Phi) is 5.57. The van der Waals surface area contributed by atoms with Gasteiger partial charge in [-0.15, -0.1) is 11.8 Å². The molecule has 0 unspecified atom stereocenters. The minimum atomic E-state index is -0.173. The highest BCUT2D eigenvalue weighted by Crippen LogP contribution is 2.29. The lowest BCUT2D eigenvalue weighted by molar-refractivity contribution is 0.271. The normalized spacial score (nSPS) is 14.2. The average Bonchev–Trinajstić information content (AvgIpc) is 3.41. The molecule has 1 aliphatic carbocycles. The van der Waals surface area contributed by atoms with Gasteiger partial charge in [-0.25, -0.2) is 4.39 Å². The standard InChI is InChI=1S/C19H22FNOS/c1-22-18-8-2-15(3-9-18)14-21(17-6-7-17)12-13-23-19-10-4-16(20)5-11-19/h2-5,8-11,17H,6-7,12-14H2,1H3. The van der Waals surface area contributed by atoms with Gasteiger partial charge in [0.1, 0.15) is 11.6 Å². The maximum Gasteiger partial charge on any atom is 0.123 e. The Balaban J connectivity index is 1.51. The molecule has 0 atom stereocenters. The predicted octanol–water partition coefficient (Wildman–Crippen LogP) is 4.59. The van der Waals surface area contributed by atoms with Crippen LogP contribution in [0.15, 0.2) is 53.4 Å². The molecule has 2 aromatic carbocycles. The number of benzene rings is 2. The van der Waals surface area contributed by atoms with Gasteiger partial charge < -0.3 is 4.74 Å². The number of nitrogens with zero attached hydrogens (tertiary/aromatic N) is 1. The minimum Gasteiger partial charge on any atom is -0.497 e. The summed E-state index contributed by atoms with van der Waals surface area (Å²) >= 11 is 1.79. The smallest absolute Gasteiger partial charge is 0.123 e. The van der Waals surface area contributed by atoms with E-state index < -0.39 is 0 Å². The first kappa shape index (κ1) is 16.3. The predicted molar refractivity (Wildman–Crippen MR) is 93.6 cm³/mol. The molecule has 4 heteroatoms. The van der Waals surface area contributed by atoms with Gasteiger partial charge in [0.25, 0.3) is 0 Å². The van der Waals surface area contributed by atoms with E-state index in [4.69, 9.17) is 4.74 Å². The molecule has 0 radical (unpaired) electrons. The fraction of sp³-hybridized carbons (Fsp3) is 0.368. The molecule has 23 heavy (non-hydrogen) atoms. The van der Waals surface area contributed by atoms with Gasteiger partial charge in [-0.05, 0) is 54.8 Å². The molecule has 0 saturated heterocycles. The largest absolute Gasteiger partial charge is 0.497 e. The third-order valence-electron chi connectivity index (χ3n) is 4.07. The lowest BCUT2D eigenvalue weighted by Gasteiger charge is -2.22. The van der Waals surface area contributed by atoms with Crippen LogP contribution in [0.4, 0.5) is 4.39 Å². The Morgan fingerprint density at radius 2 is 1.78 bits per heavy atom. The molecular weight excluding hydrogens is 309 g/mol. The Morgan fingerprint density at radius 3 is 2.39 bits per heavy atom. The number of rotatable bonds is 8. The van der Waals surface area contributed by atoms with E-state index in [2.05, 4.69) is 17.0 Å². The first-order chi connectivity index (χ1) is 11.2. The number of hydrogen-bond donors (Lipinski definition) is 0. The summed E-state index contributed by atoms with van der Waals surface area (Å²) in [4.78, 5) is 3.69. The number of halogens is 1. The Hall–Kier alpha value is -1.52. The number of hydrogen-bond acceptors (Lipinski definition) is 3. The van der Waals surface area contributed by atoms with Crippen molar-refractivity contribution < 1.29 is 9.13 Å². The molecule has 1 saturated carbocycles. The molecule has 0 amide bonds. The summed E-state index contributed by atoms with van der Waals surface area (Å²) in [5, 5.41) is 0. The van der Waals surface area contributed by atoms with Crippen molar-refractivity contribution >= 4 is 11.8 Å². The second-order valence-electron chi connectivity index (χ2n) is 5.85. The summed E-state index contributed by atoms with van der Waals surface area (Å²) in [5.41, 5.74) is 1.32. The average molecular weight is 331 g/mol. The molecule has 0 aromatic heterocycles. The van der Waals surface area contributed by atoms with Gasteiger partial charge in [0.2, 0.25) is 0 Å². The molecule has 3 rings (SSSR count). The molecular formula is C19H22FNOS. The quantitative estimate of drug-likeness (QED) is 0.656. The molecule has 0 bridgehead atoms. The summed E-state index contributed by atoms with van der Waals surface area (Å²) in [6.07, 6.45) is 2.61. The third kappa shape index (κ3) is 4.98. The van der Waals surface area contributed by atoms with Gasteiger partial charge >= 0.3 is 0 Å². The maximum absolute atomic E-state index is 12.9. The van der Waals surface area contributed by atoms with Crippen molar-refractivity contribution in [3.8, 4) is 5.75 Å². The van der Waals surface area contributed by atoms with Crippen LogP contribution < -0.4 is 4.74 Å². The van der Waals surface area contributed by atoms with E-state index in [1.807, 2.05) is 24.3 Å². The second kappa shape index (κ2) is 7.84. The van der Waals surface area contributed by atoms with Crippen LogP contribution in [0.3, 0.4) is 0 Å². The van der Waals surface area contributed by atoms with Crippen molar-refractivity contribution in [1.82, 2.24) is 4.90 Å². The maximum atomic E-state index is 12.9. The molecule has 122 valence electrons. The van der Waals surface area contributed by atoms with Gasteiger partial charge in [0.15, 0.2) is 0 Å².